The van der Waals surface area contributed by atoms with Gasteiger partial charge in [0.15, 0.2) is 0 Å². The lowest BCUT2D eigenvalue weighted by molar-refractivity contribution is -0.124. The van der Waals surface area contributed by atoms with Crippen molar-refractivity contribution in [3.05, 3.63) is 0 Å². The van der Waals surface area contributed by atoms with Gasteiger partial charge in [-0.15, -0.1) is 0 Å². The molecule has 4 heteroatoms. The van der Waals surface area contributed by atoms with Crippen molar-refractivity contribution in [3.63, 3.8) is 0 Å². The van der Waals surface area contributed by atoms with E-state index in [1.54, 1.807) is 0 Å². The SMILES string of the molecule is CCNC(CSC(C)(C)C)(C(N)=O)C1CC1. The molecule has 0 saturated heterocycles. The first-order valence-corrected chi connectivity index (χ1v) is 6.99. The number of hydrogen-bond donors (Lipinski definition) is 2. The number of carbonyl (C=O) groups is 1. The minimum atomic E-state index is -0.479. The third-order valence-corrected chi connectivity index (χ3v) is 4.40. The minimum absolute atomic E-state index is 0.172. The summed E-state index contributed by atoms with van der Waals surface area (Å²) in [7, 11) is 0. The zero-order chi connectivity index (χ0) is 12.4. The molecule has 0 aromatic carbocycles. The highest BCUT2D eigenvalue weighted by atomic mass is 32.2. The van der Waals surface area contributed by atoms with E-state index < -0.39 is 5.54 Å². The van der Waals surface area contributed by atoms with Gasteiger partial charge in [0.25, 0.3) is 0 Å². The molecule has 16 heavy (non-hydrogen) atoms. The fourth-order valence-corrected chi connectivity index (χ4v) is 3.04. The van der Waals surface area contributed by atoms with Crippen LogP contribution >= 0.6 is 11.8 Å². The summed E-state index contributed by atoms with van der Waals surface area (Å²) in [4.78, 5) is 11.8. The van der Waals surface area contributed by atoms with Gasteiger partial charge in [-0.3, -0.25) is 4.79 Å². The second-order valence-electron chi connectivity index (χ2n) is 5.54. The normalized spacial score (nSPS) is 20.5. The van der Waals surface area contributed by atoms with E-state index in [2.05, 4.69) is 26.1 Å². The van der Waals surface area contributed by atoms with E-state index in [-0.39, 0.29) is 10.7 Å². The molecule has 1 atom stereocenters. The van der Waals surface area contributed by atoms with E-state index in [1.807, 2.05) is 18.7 Å². The van der Waals surface area contributed by atoms with Crippen LogP contribution in [0.3, 0.4) is 0 Å². The molecule has 0 aliphatic heterocycles. The van der Waals surface area contributed by atoms with Crippen LogP contribution in [0.25, 0.3) is 0 Å². The molecule has 0 spiro atoms. The number of hydrogen-bond acceptors (Lipinski definition) is 3. The van der Waals surface area contributed by atoms with E-state index in [1.165, 1.54) is 0 Å². The topological polar surface area (TPSA) is 55.1 Å². The van der Waals surface area contributed by atoms with Crippen LogP contribution in [0, 0.1) is 5.92 Å². The predicted octanol–water partition coefficient (Wildman–Crippen LogP) is 1.76. The van der Waals surface area contributed by atoms with Gasteiger partial charge in [-0.05, 0) is 25.3 Å². The Labute approximate surface area is 103 Å². The molecule has 0 aromatic rings. The second-order valence-corrected chi connectivity index (χ2v) is 7.34. The Balaban J connectivity index is 2.72. The molecule has 0 radical (unpaired) electrons. The van der Waals surface area contributed by atoms with Crippen molar-refractivity contribution in [2.45, 2.75) is 50.8 Å². The molecular weight excluding hydrogens is 220 g/mol. The number of nitrogens with two attached hydrogens (primary N) is 1. The van der Waals surface area contributed by atoms with E-state index in [0.29, 0.717) is 5.92 Å². The van der Waals surface area contributed by atoms with Crippen molar-refractivity contribution in [2.75, 3.05) is 12.3 Å². The van der Waals surface area contributed by atoms with Gasteiger partial charge < -0.3 is 11.1 Å². The van der Waals surface area contributed by atoms with Crippen LogP contribution in [0.5, 0.6) is 0 Å². The quantitative estimate of drug-likeness (QED) is 0.748. The standard InChI is InChI=1S/C12H24N2OS/c1-5-14-12(10(13)15,9-6-7-9)8-16-11(2,3)4/h9,14H,5-8H2,1-4H3,(H2,13,15). The molecule has 1 fully saturated rings. The van der Waals surface area contributed by atoms with Gasteiger partial charge in [-0.1, -0.05) is 27.7 Å². The van der Waals surface area contributed by atoms with Crippen molar-refractivity contribution < 1.29 is 4.79 Å². The van der Waals surface area contributed by atoms with Crippen LogP contribution in [0.2, 0.25) is 0 Å². The Bertz CT molecular complexity index is 258. The van der Waals surface area contributed by atoms with E-state index in [9.17, 15) is 4.79 Å². The van der Waals surface area contributed by atoms with Crippen LogP contribution in [-0.2, 0) is 4.79 Å². The number of carbonyl (C=O) groups excluding carboxylic acids is 1. The molecular formula is C12H24N2OS. The van der Waals surface area contributed by atoms with E-state index in [0.717, 1.165) is 25.1 Å². The van der Waals surface area contributed by atoms with Gasteiger partial charge in [0, 0.05) is 10.5 Å². The lowest BCUT2D eigenvalue weighted by atomic mass is 9.94. The fourth-order valence-electron chi connectivity index (χ4n) is 1.89. The number of rotatable bonds is 6. The Morgan fingerprint density at radius 1 is 1.44 bits per heavy atom. The average Bonchev–Trinajstić information content (AvgIpc) is 2.93. The lowest BCUT2D eigenvalue weighted by Gasteiger charge is -2.34. The Kier molecular flexibility index (Phi) is 4.29. The van der Waals surface area contributed by atoms with Crippen molar-refractivity contribution in [3.8, 4) is 0 Å². The van der Waals surface area contributed by atoms with Gasteiger partial charge in [-0.25, -0.2) is 0 Å². The maximum absolute atomic E-state index is 11.8. The van der Waals surface area contributed by atoms with Crippen LogP contribution in [0.1, 0.15) is 40.5 Å². The number of primary amides is 1. The van der Waals surface area contributed by atoms with Crippen molar-refractivity contribution in [2.24, 2.45) is 11.7 Å². The molecule has 3 nitrogen and oxygen atoms in total. The van der Waals surface area contributed by atoms with Gasteiger partial charge in [0.1, 0.15) is 5.54 Å². The molecule has 1 aliphatic carbocycles. The number of amides is 1. The highest BCUT2D eigenvalue weighted by Crippen LogP contribution is 2.42. The summed E-state index contributed by atoms with van der Waals surface area (Å²) in [6.45, 7) is 9.33. The summed E-state index contributed by atoms with van der Waals surface area (Å²) in [5, 5.41) is 3.33. The first-order chi connectivity index (χ1) is 7.32. The molecule has 0 heterocycles. The molecule has 1 unspecified atom stereocenters. The fraction of sp³-hybridized carbons (Fsp3) is 0.917. The van der Waals surface area contributed by atoms with Gasteiger partial charge in [0.05, 0.1) is 0 Å². The number of thioether (sulfide) groups is 1. The smallest absolute Gasteiger partial charge is 0.238 e. The second kappa shape index (κ2) is 4.96. The van der Waals surface area contributed by atoms with Crippen LogP contribution in [0.15, 0.2) is 0 Å². The highest BCUT2D eigenvalue weighted by Gasteiger charge is 2.49. The first-order valence-electron chi connectivity index (χ1n) is 6.00. The highest BCUT2D eigenvalue weighted by molar-refractivity contribution is 8.00. The maximum Gasteiger partial charge on any atom is 0.238 e. The Morgan fingerprint density at radius 2 is 2.00 bits per heavy atom. The molecule has 3 N–H and O–H groups in total. The van der Waals surface area contributed by atoms with E-state index >= 15 is 0 Å². The molecule has 1 amide bonds. The third-order valence-electron chi connectivity index (χ3n) is 2.94. The summed E-state index contributed by atoms with van der Waals surface area (Å²) in [5.74, 6) is 1.04. The summed E-state index contributed by atoms with van der Waals surface area (Å²) < 4.78 is 0.172. The first kappa shape index (κ1) is 13.8. The largest absolute Gasteiger partial charge is 0.368 e. The van der Waals surface area contributed by atoms with Crippen LogP contribution < -0.4 is 11.1 Å². The summed E-state index contributed by atoms with van der Waals surface area (Å²) in [5.41, 5.74) is 5.13. The summed E-state index contributed by atoms with van der Waals surface area (Å²) in [6.07, 6.45) is 2.25. The van der Waals surface area contributed by atoms with Crippen LogP contribution in [-0.4, -0.2) is 28.5 Å². The minimum Gasteiger partial charge on any atom is -0.368 e. The van der Waals surface area contributed by atoms with E-state index in [4.69, 9.17) is 5.73 Å². The molecule has 0 aromatic heterocycles. The Morgan fingerprint density at radius 3 is 2.31 bits per heavy atom. The molecule has 1 aliphatic rings. The molecule has 94 valence electrons. The van der Waals surface area contributed by atoms with Crippen molar-refractivity contribution >= 4 is 17.7 Å². The summed E-state index contributed by atoms with van der Waals surface area (Å²) in [6, 6.07) is 0. The molecule has 1 rings (SSSR count). The third kappa shape index (κ3) is 3.39. The maximum atomic E-state index is 11.8. The van der Waals surface area contributed by atoms with Crippen molar-refractivity contribution in [1.29, 1.82) is 0 Å². The summed E-state index contributed by atoms with van der Waals surface area (Å²) >= 11 is 1.81. The zero-order valence-electron chi connectivity index (χ0n) is 10.8. The Hall–Kier alpha value is -0.220. The number of likely N-dealkylation sites (N-methyl/N-ethyl adjacent to an activating group) is 1. The van der Waals surface area contributed by atoms with Gasteiger partial charge in [-0.2, -0.15) is 11.8 Å². The number of nitrogens with one attached hydrogen (secondary N) is 1. The van der Waals surface area contributed by atoms with Crippen molar-refractivity contribution in [1.82, 2.24) is 5.32 Å². The van der Waals surface area contributed by atoms with Crippen LogP contribution in [0.4, 0.5) is 0 Å². The van der Waals surface area contributed by atoms with Gasteiger partial charge >= 0.3 is 0 Å². The average molecular weight is 244 g/mol. The lowest BCUT2D eigenvalue weighted by Crippen LogP contribution is -2.59. The monoisotopic (exact) mass is 244 g/mol. The molecule has 1 saturated carbocycles. The van der Waals surface area contributed by atoms with Gasteiger partial charge in [0.2, 0.25) is 5.91 Å². The zero-order valence-corrected chi connectivity index (χ0v) is 11.6. The molecule has 0 bridgehead atoms. The predicted molar refractivity (Wildman–Crippen MR) is 70.5 cm³/mol.